The lowest BCUT2D eigenvalue weighted by Gasteiger charge is -2.10. The first-order chi connectivity index (χ1) is 5.20. The summed E-state index contributed by atoms with van der Waals surface area (Å²) < 4.78 is 5.07. The predicted molar refractivity (Wildman–Crippen MR) is 48.8 cm³/mol. The molecule has 0 saturated heterocycles. The Labute approximate surface area is 69.6 Å². The molecule has 0 bridgehead atoms. The van der Waals surface area contributed by atoms with E-state index in [0.29, 0.717) is 6.10 Å². The van der Waals surface area contributed by atoms with Gasteiger partial charge in [-0.05, 0) is 13.3 Å². The van der Waals surface area contributed by atoms with Crippen LogP contribution in [-0.2, 0) is 4.74 Å². The zero-order chi connectivity index (χ0) is 8.69. The first kappa shape index (κ1) is 10.7. The number of hydrogen-bond donors (Lipinski definition) is 1. The third kappa shape index (κ3) is 6.07. The fraction of sp³-hybridized carbons (Fsp3) is 0.778. The number of rotatable bonds is 6. The molecule has 0 aromatic carbocycles. The van der Waals surface area contributed by atoms with Crippen molar-refractivity contribution in [3.05, 3.63) is 12.2 Å². The molecule has 0 rings (SSSR count). The van der Waals surface area contributed by atoms with Gasteiger partial charge >= 0.3 is 0 Å². The highest BCUT2D eigenvalue weighted by atomic mass is 16.5. The van der Waals surface area contributed by atoms with Gasteiger partial charge < -0.3 is 10.1 Å². The highest BCUT2D eigenvalue weighted by Gasteiger charge is 1.97. The predicted octanol–water partition coefficient (Wildman–Crippen LogP) is 1.58. The molecular weight excluding hydrogens is 138 g/mol. The molecule has 0 radical (unpaired) electrons. The Morgan fingerprint density at radius 3 is 2.73 bits per heavy atom. The van der Waals surface area contributed by atoms with Crippen molar-refractivity contribution >= 4 is 0 Å². The van der Waals surface area contributed by atoms with Gasteiger partial charge in [0.1, 0.15) is 0 Å². The first-order valence-corrected chi connectivity index (χ1v) is 4.10. The molecule has 0 aliphatic carbocycles. The van der Waals surface area contributed by atoms with Crippen LogP contribution in [0.1, 0.15) is 20.3 Å². The van der Waals surface area contributed by atoms with Crippen molar-refractivity contribution in [3.8, 4) is 0 Å². The quantitative estimate of drug-likeness (QED) is 0.591. The molecule has 0 aromatic heterocycles. The van der Waals surface area contributed by atoms with Crippen molar-refractivity contribution in [3.63, 3.8) is 0 Å². The van der Waals surface area contributed by atoms with Gasteiger partial charge in [0.15, 0.2) is 0 Å². The Hall–Kier alpha value is -0.340. The lowest BCUT2D eigenvalue weighted by molar-refractivity contribution is 0.118. The summed E-state index contributed by atoms with van der Waals surface area (Å²) in [7, 11) is 1.72. The molecule has 0 amide bonds. The fourth-order valence-electron chi connectivity index (χ4n) is 0.661. The molecule has 66 valence electrons. The molecular formula is C9H19NO. The van der Waals surface area contributed by atoms with E-state index in [9.17, 15) is 0 Å². The van der Waals surface area contributed by atoms with Crippen LogP contribution in [0, 0.1) is 0 Å². The van der Waals surface area contributed by atoms with Crippen LogP contribution in [0.3, 0.4) is 0 Å². The molecule has 0 saturated carbocycles. The maximum absolute atomic E-state index is 5.07. The van der Waals surface area contributed by atoms with E-state index in [1.165, 1.54) is 5.57 Å². The SMILES string of the molecule is C=C(CC)CNCC(C)OC. The number of nitrogens with one attached hydrogen (secondary N) is 1. The highest BCUT2D eigenvalue weighted by Crippen LogP contribution is 1.93. The highest BCUT2D eigenvalue weighted by molar-refractivity contribution is 4.94. The fourth-order valence-corrected chi connectivity index (χ4v) is 0.661. The minimum absolute atomic E-state index is 0.291. The van der Waals surface area contributed by atoms with Crippen LogP contribution in [0.25, 0.3) is 0 Å². The van der Waals surface area contributed by atoms with E-state index in [-0.39, 0.29) is 0 Å². The Morgan fingerprint density at radius 2 is 2.27 bits per heavy atom. The molecule has 0 aliphatic rings. The average molecular weight is 157 g/mol. The summed E-state index contributed by atoms with van der Waals surface area (Å²) in [5.41, 5.74) is 1.24. The largest absolute Gasteiger partial charge is 0.380 e. The maximum atomic E-state index is 5.07. The van der Waals surface area contributed by atoms with Crippen molar-refractivity contribution in [1.82, 2.24) is 5.32 Å². The Balaban J connectivity index is 3.20. The van der Waals surface area contributed by atoms with Crippen LogP contribution in [0.2, 0.25) is 0 Å². The van der Waals surface area contributed by atoms with Gasteiger partial charge in [-0.1, -0.05) is 19.1 Å². The average Bonchev–Trinajstić information content (AvgIpc) is 2.04. The van der Waals surface area contributed by atoms with Gasteiger partial charge in [-0.2, -0.15) is 0 Å². The van der Waals surface area contributed by atoms with Crippen molar-refractivity contribution < 1.29 is 4.74 Å². The lowest BCUT2D eigenvalue weighted by Crippen LogP contribution is -2.27. The minimum Gasteiger partial charge on any atom is -0.380 e. The van der Waals surface area contributed by atoms with Crippen LogP contribution >= 0.6 is 0 Å². The van der Waals surface area contributed by atoms with Gasteiger partial charge in [-0.15, -0.1) is 0 Å². The first-order valence-electron chi connectivity index (χ1n) is 4.10. The van der Waals surface area contributed by atoms with E-state index in [1.807, 2.05) is 6.92 Å². The van der Waals surface area contributed by atoms with E-state index in [1.54, 1.807) is 7.11 Å². The molecule has 2 nitrogen and oxygen atoms in total. The summed E-state index contributed by atoms with van der Waals surface area (Å²) in [6.07, 6.45) is 1.34. The molecule has 0 spiro atoms. The van der Waals surface area contributed by atoms with Gasteiger partial charge in [-0.25, -0.2) is 0 Å². The molecule has 0 aliphatic heterocycles. The summed E-state index contributed by atoms with van der Waals surface area (Å²) in [4.78, 5) is 0. The molecule has 1 atom stereocenters. The standard InChI is InChI=1S/C9H19NO/c1-5-8(2)6-10-7-9(3)11-4/h9-10H,2,5-7H2,1,3-4H3. The normalized spacial score (nSPS) is 13.0. The third-order valence-corrected chi connectivity index (χ3v) is 1.71. The van der Waals surface area contributed by atoms with E-state index in [2.05, 4.69) is 18.8 Å². The summed E-state index contributed by atoms with van der Waals surface area (Å²) in [5, 5.41) is 3.26. The topological polar surface area (TPSA) is 21.3 Å². The zero-order valence-corrected chi connectivity index (χ0v) is 7.81. The van der Waals surface area contributed by atoms with Gasteiger partial charge in [0.05, 0.1) is 6.10 Å². The van der Waals surface area contributed by atoms with Crippen LogP contribution in [0.15, 0.2) is 12.2 Å². The second-order valence-corrected chi connectivity index (χ2v) is 2.78. The summed E-state index contributed by atoms with van der Waals surface area (Å²) in [6.45, 7) is 9.86. The molecule has 0 aromatic rings. The Morgan fingerprint density at radius 1 is 1.64 bits per heavy atom. The second kappa shape index (κ2) is 6.38. The second-order valence-electron chi connectivity index (χ2n) is 2.78. The summed E-state index contributed by atoms with van der Waals surface area (Å²) in [5.74, 6) is 0. The third-order valence-electron chi connectivity index (χ3n) is 1.71. The van der Waals surface area contributed by atoms with Crippen molar-refractivity contribution in [2.24, 2.45) is 0 Å². The van der Waals surface area contributed by atoms with Crippen LogP contribution < -0.4 is 5.32 Å². The van der Waals surface area contributed by atoms with Crippen LogP contribution in [0.4, 0.5) is 0 Å². The van der Waals surface area contributed by atoms with Gasteiger partial charge in [0.25, 0.3) is 0 Å². The molecule has 0 fully saturated rings. The van der Waals surface area contributed by atoms with Crippen molar-refractivity contribution in [1.29, 1.82) is 0 Å². The van der Waals surface area contributed by atoms with Crippen molar-refractivity contribution in [2.45, 2.75) is 26.4 Å². The maximum Gasteiger partial charge on any atom is 0.0667 e. The summed E-state index contributed by atoms with van der Waals surface area (Å²) >= 11 is 0. The minimum atomic E-state index is 0.291. The van der Waals surface area contributed by atoms with Gasteiger partial charge in [-0.3, -0.25) is 0 Å². The molecule has 0 heterocycles. The van der Waals surface area contributed by atoms with E-state index >= 15 is 0 Å². The number of ether oxygens (including phenoxy) is 1. The molecule has 1 N–H and O–H groups in total. The van der Waals surface area contributed by atoms with E-state index in [0.717, 1.165) is 19.5 Å². The van der Waals surface area contributed by atoms with E-state index in [4.69, 9.17) is 4.74 Å². The molecule has 2 heteroatoms. The van der Waals surface area contributed by atoms with Gasteiger partial charge in [0.2, 0.25) is 0 Å². The number of hydrogen-bond acceptors (Lipinski definition) is 2. The van der Waals surface area contributed by atoms with Gasteiger partial charge in [0, 0.05) is 20.2 Å². The lowest BCUT2D eigenvalue weighted by atomic mass is 10.2. The zero-order valence-electron chi connectivity index (χ0n) is 7.81. The monoisotopic (exact) mass is 157 g/mol. The van der Waals surface area contributed by atoms with Crippen LogP contribution in [-0.4, -0.2) is 26.3 Å². The van der Waals surface area contributed by atoms with Crippen molar-refractivity contribution in [2.75, 3.05) is 20.2 Å². The smallest absolute Gasteiger partial charge is 0.0667 e. The molecule has 1 unspecified atom stereocenters. The van der Waals surface area contributed by atoms with Crippen LogP contribution in [0.5, 0.6) is 0 Å². The molecule has 11 heavy (non-hydrogen) atoms. The van der Waals surface area contributed by atoms with E-state index < -0.39 is 0 Å². The Bertz CT molecular complexity index is 112. The number of methoxy groups -OCH3 is 1. The summed E-state index contributed by atoms with van der Waals surface area (Å²) in [6, 6.07) is 0. The Kier molecular flexibility index (Phi) is 6.18.